The molecule has 0 aromatic carbocycles. The zero-order valence-corrected chi connectivity index (χ0v) is 7.74. The Labute approximate surface area is 75.6 Å². The number of aromatic nitrogens is 2. The van der Waals surface area contributed by atoms with Crippen molar-refractivity contribution in [2.75, 3.05) is 0 Å². The summed E-state index contributed by atoms with van der Waals surface area (Å²) in [7, 11) is -3.87. The summed E-state index contributed by atoms with van der Waals surface area (Å²) < 4.78 is 23.2. The maximum absolute atomic E-state index is 11.0. The number of primary sulfonamides is 1. The predicted molar refractivity (Wildman–Crippen MR) is 44.0 cm³/mol. The molecule has 0 unspecified atom stereocenters. The first kappa shape index (κ1) is 9.70. The summed E-state index contributed by atoms with van der Waals surface area (Å²) >= 11 is 0. The molecule has 2 N–H and O–H groups in total. The van der Waals surface area contributed by atoms with Gasteiger partial charge in [-0.2, -0.15) is 10.4 Å². The molecular weight excluding hydrogens is 192 g/mol. The van der Waals surface area contributed by atoms with Gasteiger partial charge in [0.1, 0.15) is 11.6 Å². The van der Waals surface area contributed by atoms with Crippen LogP contribution in [0.3, 0.4) is 0 Å². The van der Waals surface area contributed by atoms with Gasteiger partial charge in [-0.3, -0.25) is 4.68 Å². The molecule has 0 aliphatic heterocycles. The number of hydrogen-bond acceptors (Lipinski definition) is 4. The van der Waals surface area contributed by atoms with Crippen LogP contribution >= 0.6 is 0 Å². The minimum absolute atomic E-state index is 0.0237. The quantitative estimate of drug-likeness (QED) is 0.690. The molecule has 1 aromatic rings. The van der Waals surface area contributed by atoms with E-state index in [0.29, 0.717) is 6.54 Å². The van der Waals surface area contributed by atoms with E-state index >= 15 is 0 Å². The van der Waals surface area contributed by atoms with Crippen molar-refractivity contribution in [2.24, 2.45) is 5.14 Å². The standard InChI is InChI=1S/C6H8N4O2S/c1-2-10-6(13(8,11)12)5(3-7)4-9-10/h4H,2H2,1H3,(H2,8,11,12). The number of aryl methyl sites for hydroxylation is 1. The van der Waals surface area contributed by atoms with Gasteiger partial charge in [0.15, 0.2) is 5.03 Å². The van der Waals surface area contributed by atoms with Crippen LogP contribution in [-0.2, 0) is 16.6 Å². The zero-order valence-electron chi connectivity index (χ0n) is 6.93. The van der Waals surface area contributed by atoms with Crippen molar-refractivity contribution in [3.05, 3.63) is 11.8 Å². The number of nitriles is 1. The van der Waals surface area contributed by atoms with Crippen LogP contribution in [0.4, 0.5) is 0 Å². The van der Waals surface area contributed by atoms with Crippen LogP contribution < -0.4 is 5.14 Å². The normalized spacial score (nSPS) is 11.2. The molecule has 1 rings (SSSR count). The van der Waals surface area contributed by atoms with Gasteiger partial charge in [0.2, 0.25) is 0 Å². The van der Waals surface area contributed by atoms with E-state index in [1.54, 1.807) is 13.0 Å². The van der Waals surface area contributed by atoms with E-state index in [2.05, 4.69) is 5.10 Å². The number of hydrogen-bond donors (Lipinski definition) is 1. The molecule has 0 aliphatic carbocycles. The van der Waals surface area contributed by atoms with E-state index in [4.69, 9.17) is 10.4 Å². The fourth-order valence-electron chi connectivity index (χ4n) is 0.976. The first-order valence-corrected chi connectivity index (χ1v) is 5.04. The Kier molecular flexibility index (Phi) is 2.36. The Morgan fingerprint density at radius 2 is 2.38 bits per heavy atom. The second kappa shape index (κ2) is 3.16. The van der Waals surface area contributed by atoms with Crippen molar-refractivity contribution in [1.29, 1.82) is 5.26 Å². The fourth-order valence-corrected chi connectivity index (χ4v) is 1.85. The van der Waals surface area contributed by atoms with E-state index in [9.17, 15) is 8.42 Å². The molecule has 0 aliphatic rings. The molecule has 1 aromatic heterocycles. The van der Waals surface area contributed by atoms with Gasteiger partial charge in [-0.15, -0.1) is 0 Å². The van der Waals surface area contributed by atoms with Crippen molar-refractivity contribution >= 4 is 10.0 Å². The number of nitrogens with zero attached hydrogens (tertiary/aromatic N) is 3. The summed E-state index contributed by atoms with van der Waals surface area (Å²) in [4.78, 5) is 0. The Balaban J connectivity index is 3.49. The minimum Gasteiger partial charge on any atom is -0.252 e. The summed E-state index contributed by atoms with van der Waals surface area (Å²) in [5, 5.41) is 17.0. The van der Waals surface area contributed by atoms with Gasteiger partial charge >= 0.3 is 0 Å². The number of rotatable bonds is 2. The van der Waals surface area contributed by atoms with Gasteiger partial charge in [0, 0.05) is 6.54 Å². The smallest absolute Gasteiger partial charge is 0.252 e. The van der Waals surface area contributed by atoms with Gasteiger partial charge in [-0.05, 0) is 6.92 Å². The lowest BCUT2D eigenvalue weighted by molar-refractivity contribution is 0.555. The van der Waals surface area contributed by atoms with Gasteiger partial charge in [0.05, 0.1) is 6.20 Å². The maximum atomic E-state index is 11.0. The molecule has 0 fully saturated rings. The fraction of sp³-hybridized carbons (Fsp3) is 0.333. The van der Waals surface area contributed by atoms with Crippen molar-refractivity contribution < 1.29 is 8.42 Å². The van der Waals surface area contributed by atoms with Gasteiger partial charge in [-0.1, -0.05) is 0 Å². The molecule has 0 saturated carbocycles. The average molecular weight is 200 g/mol. The summed E-state index contributed by atoms with van der Waals surface area (Å²) in [5.41, 5.74) is -0.0237. The van der Waals surface area contributed by atoms with Crippen LogP contribution in [0, 0.1) is 11.3 Å². The first-order valence-electron chi connectivity index (χ1n) is 3.49. The van der Waals surface area contributed by atoms with Crippen molar-refractivity contribution in [1.82, 2.24) is 9.78 Å². The Hall–Kier alpha value is -1.39. The van der Waals surface area contributed by atoms with Gasteiger partial charge in [0.25, 0.3) is 10.0 Å². The summed E-state index contributed by atoms with van der Waals surface area (Å²) in [5.74, 6) is 0. The summed E-state index contributed by atoms with van der Waals surface area (Å²) in [6.07, 6.45) is 1.18. The lowest BCUT2D eigenvalue weighted by Crippen LogP contribution is -2.18. The molecule has 0 amide bonds. The molecule has 1 heterocycles. The highest BCUT2D eigenvalue weighted by atomic mass is 32.2. The minimum atomic E-state index is -3.87. The highest BCUT2D eigenvalue weighted by Crippen LogP contribution is 2.11. The summed E-state index contributed by atoms with van der Waals surface area (Å²) in [6, 6.07) is 1.71. The monoisotopic (exact) mass is 200 g/mol. The lowest BCUT2D eigenvalue weighted by atomic mass is 10.4. The Morgan fingerprint density at radius 3 is 2.77 bits per heavy atom. The Morgan fingerprint density at radius 1 is 1.77 bits per heavy atom. The molecule has 70 valence electrons. The van der Waals surface area contributed by atoms with Crippen LogP contribution in [0.1, 0.15) is 12.5 Å². The summed E-state index contributed by atoms with van der Waals surface area (Å²) in [6.45, 7) is 2.07. The van der Waals surface area contributed by atoms with Crippen LogP contribution in [0.15, 0.2) is 11.2 Å². The molecule has 7 heteroatoms. The Bertz CT molecular complexity index is 453. The molecule has 0 atom stereocenters. The van der Waals surface area contributed by atoms with Gasteiger partial charge < -0.3 is 0 Å². The highest BCUT2D eigenvalue weighted by Gasteiger charge is 2.19. The van der Waals surface area contributed by atoms with Crippen molar-refractivity contribution in [3.63, 3.8) is 0 Å². The third-order valence-corrected chi connectivity index (χ3v) is 2.45. The van der Waals surface area contributed by atoms with Crippen LogP contribution in [0.25, 0.3) is 0 Å². The third kappa shape index (κ3) is 1.68. The van der Waals surface area contributed by atoms with Crippen molar-refractivity contribution in [2.45, 2.75) is 18.5 Å². The SMILES string of the molecule is CCn1ncc(C#N)c1S(N)(=O)=O. The van der Waals surface area contributed by atoms with E-state index in [0.717, 1.165) is 0 Å². The molecule has 6 nitrogen and oxygen atoms in total. The average Bonchev–Trinajstić information content (AvgIpc) is 2.45. The predicted octanol–water partition coefficient (Wildman–Crippen LogP) is -0.578. The van der Waals surface area contributed by atoms with Crippen LogP contribution in [-0.4, -0.2) is 18.2 Å². The number of sulfonamides is 1. The second-order valence-electron chi connectivity index (χ2n) is 2.34. The van der Waals surface area contributed by atoms with Crippen LogP contribution in [0.5, 0.6) is 0 Å². The molecule has 0 spiro atoms. The third-order valence-electron chi connectivity index (χ3n) is 1.48. The van der Waals surface area contributed by atoms with Crippen LogP contribution in [0.2, 0.25) is 0 Å². The first-order chi connectivity index (χ1) is 6.00. The van der Waals surface area contributed by atoms with E-state index in [-0.39, 0.29) is 10.6 Å². The lowest BCUT2D eigenvalue weighted by Gasteiger charge is -2.01. The van der Waals surface area contributed by atoms with E-state index in [1.807, 2.05) is 0 Å². The topological polar surface area (TPSA) is 102 Å². The molecule has 0 radical (unpaired) electrons. The highest BCUT2D eigenvalue weighted by molar-refractivity contribution is 7.89. The van der Waals surface area contributed by atoms with Gasteiger partial charge in [-0.25, -0.2) is 13.6 Å². The second-order valence-corrected chi connectivity index (χ2v) is 3.81. The van der Waals surface area contributed by atoms with E-state index < -0.39 is 10.0 Å². The van der Waals surface area contributed by atoms with E-state index in [1.165, 1.54) is 10.9 Å². The van der Waals surface area contributed by atoms with Crippen molar-refractivity contribution in [3.8, 4) is 6.07 Å². The zero-order chi connectivity index (χ0) is 10.1. The molecule has 0 saturated heterocycles. The molecule has 0 bridgehead atoms. The molecule has 13 heavy (non-hydrogen) atoms. The molecular formula is C6H8N4O2S. The largest absolute Gasteiger partial charge is 0.256 e. The number of nitrogens with two attached hydrogens (primary N) is 1. The maximum Gasteiger partial charge on any atom is 0.256 e.